The summed E-state index contributed by atoms with van der Waals surface area (Å²) in [7, 11) is 0. The van der Waals surface area contributed by atoms with Gasteiger partial charge in [0.2, 0.25) is 0 Å². The van der Waals surface area contributed by atoms with Crippen molar-refractivity contribution in [1.29, 1.82) is 0 Å². The summed E-state index contributed by atoms with van der Waals surface area (Å²) in [6, 6.07) is 5.99. The highest BCUT2D eigenvalue weighted by Crippen LogP contribution is 2.32. The predicted molar refractivity (Wildman–Crippen MR) is 94.1 cm³/mol. The van der Waals surface area contributed by atoms with E-state index in [9.17, 15) is 4.79 Å². The summed E-state index contributed by atoms with van der Waals surface area (Å²) >= 11 is 0. The number of carbonyl (C=O) groups is 1. The molecule has 1 aliphatic rings. The minimum atomic E-state index is 0.0518. The number of imidazole rings is 1. The van der Waals surface area contributed by atoms with Crippen LogP contribution in [-0.2, 0) is 0 Å². The van der Waals surface area contributed by atoms with Gasteiger partial charge in [0.25, 0.3) is 5.91 Å². The topological polar surface area (TPSA) is 64.8 Å². The zero-order valence-electron chi connectivity index (χ0n) is 14.3. The Morgan fingerprint density at radius 3 is 2.83 bits per heavy atom. The summed E-state index contributed by atoms with van der Waals surface area (Å²) < 4.78 is 0. The SMILES string of the molecule is Cc1cnc([C@H]2CCCN2C(=O)c2ccc3[nH]c(C)c(C)c3c2)[nH]1. The molecule has 0 saturated carbocycles. The van der Waals surface area contributed by atoms with E-state index < -0.39 is 0 Å². The summed E-state index contributed by atoms with van der Waals surface area (Å²) in [4.78, 5) is 26.1. The molecule has 2 N–H and O–H groups in total. The average molecular weight is 322 g/mol. The zero-order chi connectivity index (χ0) is 16.8. The van der Waals surface area contributed by atoms with Gasteiger partial charge < -0.3 is 14.9 Å². The van der Waals surface area contributed by atoms with Crippen LogP contribution in [0, 0.1) is 20.8 Å². The molecule has 1 fully saturated rings. The van der Waals surface area contributed by atoms with Crippen molar-refractivity contribution in [2.45, 2.75) is 39.7 Å². The Bertz CT molecular complexity index is 921. The van der Waals surface area contributed by atoms with Crippen molar-refractivity contribution in [3.63, 3.8) is 0 Å². The number of aromatic nitrogens is 3. The van der Waals surface area contributed by atoms with E-state index in [1.54, 1.807) is 0 Å². The molecule has 5 nitrogen and oxygen atoms in total. The molecule has 2 aromatic heterocycles. The van der Waals surface area contributed by atoms with Crippen LogP contribution in [0.4, 0.5) is 0 Å². The molecule has 0 radical (unpaired) electrons. The smallest absolute Gasteiger partial charge is 0.254 e. The van der Waals surface area contributed by atoms with Crippen LogP contribution >= 0.6 is 0 Å². The number of amides is 1. The van der Waals surface area contributed by atoms with Gasteiger partial charge in [-0.25, -0.2) is 4.98 Å². The summed E-state index contributed by atoms with van der Waals surface area (Å²) in [5.41, 5.74) is 5.23. The number of rotatable bonds is 2. The fourth-order valence-electron chi connectivity index (χ4n) is 3.66. The molecule has 5 heteroatoms. The van der Waals surface area contributed by atoms with Crippen LogP contribution in [0.2, 0.25) is 0 Å². The molecule has 1 atom stereocenters. The largest absolute Gasteiger partial charge is 0.358 e. The Kier molecular flexibility index (Phi) is 3.44. The Morgan fingerprint density at radius 2 is 2.08 bits per heavy atom. The molecule has 4 rings (SSSR count). The number of aromatic amines is 2. The van der Waals surface area contributed by atoms with E-state index in [1.807, 2.05) is 36.2 Å². The average Bonchev–Trinajstić information content (AvgIpc) is 3.27. The minimum Gasteiger partial charge on any atom is -0.358 e. The van der Waals surface area contributed by atoms with Gasteiger partial charge in [-0.15, -0.1) is 0 Å². The number of aryl methyl sites for hydroxylation is 3. The number of nitrogens with zero attached hydrogens (tertiary/aromatic N) is 2. The van der Waals surface area contributed by atoms with Gasteiger partial charge >= 0.3 is 0 Å². The molecule has 1 aliphatic heterocycles. The van der Waals surface area contributed by atoms with Crippen molar-refractivity contribution >= 4 is 16.8 Å². The third-order valence-electron chi connectivity index (χ3n) is 5.11. The van der Waals surface area contributed by atoms with Gasteiger partial charge in [-0.05, 0) is 57.4 Å². The van der Waals surface area contributed by atoms with Crippen molar-refractivity contribution in [1.82, 2.24) is 19.9 Å². The molecule has 3 aromatic rings. The number of H-pyrrole nitrogens is 2. The van der Waals surface area contributed by atoms with E-state index in [4.69, 9.17) is 0 Å². The number of hydrogen-bond acceptors (Lipinski definition) is 2. The Balaban J connectivity index is 1.68. The van der Waals surface area contributed by atoms with E-state index >= 15 is 0 Å². The van der Waals surface area contributed by atoms with Gasteiger partial charge in [-0.1, -0.05) is 0 Å². The van der Waals surface area contributed by atoms with E-state index in [-0.39, 0.29) is 11.9 Å². The van der Waals surface area contributed by atoms with Crippen LogP contribution in [-0.4, -0.2) is 32.3 Å². The highest BCUT2D eigenvalue weighted by Gasteiger charge is 2.32. The van der Waals surface area contributed by atoms with Gasteiger partial charge in [0, 0.05) is 40.6 Å². The number of carbonyl (C=O) groups excluding carboxylic acids is 1. The predicted octanol–water partition coefficient (Wildman–Crippen LogP) is 3.79. The van der Waals surface area contributed by atoms with Crippen molar-refractivity contribution in [2.24, 2.45) is 0 Å². The lowest BCUT2D eigenvalue weighted by Crippen LogP contribution is -2.31. The summed E-state index contributed by atoms with van der Waals surface area (Å²) in [6.45, 7) is 6.92. The number of benzene rings is 1. The second-order valence-electron chi connectivity index (χ2n) is 6.74. The zero-order valence-corrected chi connectivity index (χ0v) is 14.3. The lowest BCUT2D eigenvalue weighted by atomic mass is 10.1. The number of fused-ring (bicyclic) bond motifs is 1. The molecule has 0 aliphatic carbocycles. The van der Waals surface area contributed by atoms with Gasteiger partial charge in [0.15, 0.2) is 0 Å². The Labute approximate surface area is 141 Å². The molecule has 0 spiro atoms. The molecule has 0 unspecified atom stereocenters. The molecule has 1 amide bonds. The molecular formula is C19H22N4O. The maximum absolute atomic E-state index is 13.1. The normalized spacial score (nSPS) is 17.8. The first-order valence-electron chi connectivity index (χ1n) is 8.46. The van der Waals surface area contributed by atoms with Gasteiger partial charge in [0.1, 0.15) is 5.82 Å². The second kappa shape index (κ2) is 5.51. The van der Waals surface area contributed by atoms with Gasteiger partial charge in [-0.2, -0.15) is 0 Å². The first-order valence-corrected chi connectivity index (χ1v) is 8.46. The molecule has 1 aromatic carbocycles. The van der Waals surface area contributed by atoms with Crippen LogP contribution in [0.3, 0.4) is 0 Å². The third-order valence-corrected chi connectivity index (χ3v) is 5.11. The van der Waals surface area contributed by atoms with Gasteiger partial charge in [-0.3, -0.25) is 4.79 Å². The highest BCUT2D eigenvalue weighted by molar-refractivity contribution is 5.99. The van der Waals surface area contributed by atoms with Crippen molar-refractivity contribution in [2.75, 3.05) is 6.54 Å². The standard InChI is InChI=1S/C19H22N4O/c1-11-10-20-18(21-11)17-5-4-8-23(17)19(24)14-6-7-16-15(9-14)12(2)13(3)22-16/h6-7,9-10,17,22H,4-5,8H2,1-3H3,(H,20,21)/t17-/m1/s1. The molecule has 0 bridgehead atoms. The molecular weight excluding hydrogens is 300 g/mol. The fourth-order valence-corrected chi connectivity index (χ4v) is 3.66. The third kappa shape index (κ3) is 2.31. The van der Waals surface area contributed by atoms with Crippen LogP contribution in [0.15, 0.2) is 24.4 Å². The highest BCUT2D eigenvalue weighted by atomic mass is 16.2. The van der Waals surface area contributed by atoms with Gasteiger partial charge in [0.05, 0.1) is 6.04 Å². The summed E-state index contributed by atoms with van der Waals surface area (Å²) in [5.74, 6) is 0.986. The van der Waals surface area contributed by atoms with Crippen molar-refractivity contribution in [3.05, 3.63) is 52.7 Å². The van der Waals surface area contributed by atoms with E-state index in [0.717, 1.165) is 53.1 Å². The molecule has 1 saturated heterocycles. The van der Waals surface area contributed by atoms with Crippen LogP contribution < -0.4 is 0 Å². The van der Waals surface area contributed by atoms with Crippen molar-refractivity contribution in [3.8, 4) is 0 Å². The first-order chi connectivity index (χ1) is 11.5. The Hall–Kier alpha value is -2.56. The van der Waals surface area contributed by atoms with Crippen molar-refractivity contribution < 1.29 is 4.79 Å². The molecule has 24 heavy (non-hydrogen) atoms. The Morgan fingerprint density at radius 1 is 1.25 bits per heavy atom. The lowest BCUT2D eigenvalue weighted by molar-refractivity contribution is 0.0730. The van der Waals surface area contributed by atoms with E-state index in [0.29, 0.717) is 0 Å². The minimum absolute atomic E-state index is 0.0518. The fraction of sp³-hybridized carbons (Fsp3) is 0.368. The number of nitrogens with one attached hydrogen (secondary N) is 2. The summed E-state index contributed by atoms with van der Waals surface area (Å²) in [6.07, 6.45) is 3.80. The van der Waals surface area contributed by atoms with E-state index in [1.165, 1.54) is 5.56 Å². The second-order valence-corrected chi connectivity index (χ2v) is 6.74. The quantitative estimate of drug-likeness (QED) is 0.754. The first kappa shape index (κ1) is 15.0. The van der Waals surface area contributed by atoms with E-state index in [2.05, 4.69) is 28.8 Å². The summed E-state index contributed by atoms with van der Waals surface area (Å²) in [5, 5.41) is 1.13. The number of hydrogen-bond donors (Lipinski definition) is 2. The monoisotopic (exact) mass is 322 g/mol. The molecule has 124 valence electrons. The van der Waals surface area contributed by atoms with Crippen LogP contribution in [0.25, 0.3) is 10.9 Å². The van der Waals surface area contributed by atoms with Crippen LogP contribution in [0.1, 0.15) is 52.0 Å². The lowest BCUT2D eigenvalue weighted by Gasteiger charge is -2.23. The number of likely N-dealkylation sites (tertiary alicyclic amines) is 1. The molecule has 3 heterocycles. The maximum atomic E-state index is 13.1. The maximum Gasteiger partial charge on any atom is 0.254 e. The van der Waals surface area contributed by atoms with Crippen LogP contribution in [0.5, 0.6) is 0 Å².